The van der Waals surface area contributed by atoms with E-state index in [0.29, 0.717) is 29.7 Å². The zero-order valence-electron chi connectivity index (χ0n) is 15.7. The van der Waals surface area contributed by atoms with Gasteiger partial charge in [-0.15, -0.1) is 0 Å². The molecule has 0 radical (unpaired) electrons. The van der Waals surface area contributed by atoms with Gasteiger partial charge in [0.05, 0.1) is 0 Å². The SMILES string of the molecule is O=C(Nc1ccc2oc(C3CC3)nc2c1)c1ccnc(OCc2ccccc2)c1. The van der Waals surface area contributed by atoms with Gasteiger partial charge in [-0.2, -0.15) is 0 Å². The Hall–Kier alpha value is -3.67. The molecule has 4 aromatic rings. The number of aromatic nitrogens is 2. The normalized spacial score (nSPS) is 13.4. The molecular weight excluding hydrogens is 366 g/mol. The minimum absolute atomic E-state index is 0.234. The number of benzene rings is 2. The Labute approximate surface area is 167 Å². The molecule has 144 valence electrons. The van der Waals surface area contributed by atoms with E-state index in [0.717, 1.165) is 35.4 Å². The van der Waals surface area contributed by atoms with Crippen LogP contribution in [0.3, 0.4) is 0 Å². The molecule has 6 nitrogen and oxygen atoms in total. The molecule has 0 unspecified atom stereocenters. The molecule has 1 aliphatic carbocycles. The summed E-state index contributed by atoms with van der Waals surface area (Å²) in [6.07, 6.45) is 3.83. The fourth-order valence-corrected chi connectivity index (χ4v) is 3.09. The highest BCUT2D eigenvalue weighted by Gasteiger charge is 2.28. The summed E-state index contributed by atoms with van der Waals surface area (Å²) in [5, 5.41) is 2.90. The summed E-state index contributed by atoms with van der Waals surface area (Å²) in [4.78, 5) is 21.4. The molecule has 29 heavy (non-hydrogen) atoms. The Kier molecular flexibility index (Phi) is 4.44. The lowest BCUT2D eigenvalue weighted by atomic mass is 10.2. The number of rotatable bonds is 6. The summed E-state index contributed by atoms with van der Waals surface area (Å²) >= 11 is 0. The minimum atomic E-state index is -0.234. The van der Waals surface area contributed by atoms with Crippen molar-refractivity contribution in [2.45, 2.75) is 25.4 Å². The Morgan fingerprint density at radius 3 is 2.79 bits per heavy atom. The van der Waals surface area contributed by atoms with Crippen LogP contribution in [0.5, 0.6) is 5.88 Å². The van der Waals surface area contributed by atoms with E-state index >= 15 is 0 Å². The monoisotopic (exact) mass is 385 g/mol. The number of ether oxygens (including phenoxy) is 1. The van der Waals surface area contributed by atoms with Crippen molar-refractivity contribution in [3.05, 3.63) is 83.9 Å². The fourth-order valence-electron chi connectivity index (χ4n) is 3.09. The van der Waals surface area contributed by atoms with Crippen molar-refractivity contribution in [1.29, 1.82) is 0 Å². The minimum Gasteiger partial charge on any atom is -0.473 e. The van der Waals surface area contributed by atoms with Crippen molar-refractivity contribution in [1.82, 2.24) is 9.97 Å². The predicted octanol–water partition coefficient (Wildman–Crippen LogP) is 4.93. The van der Waals surface area contributed by atoms with Gasteiger partial charge >= 0.3 is 0 Å². The number of amides is 1. The number of carbonyl (C=O) groups is 1. The summed E-state index contributed by atoms with van der Waals surface area (Å²) in [6, 6.07) is 18.6. The molecule has 2 heterocycles. The van der Waals surface area contributed by atoms with Crippen LogP contribution in [0.2, 0.25) is 0 Å². The van der Waals surface area contributed by atoms with Gasteiger partial charge < -0.3 is 14.5 Å². The number of pyridine rings is 1. The van der Waals surface area contributed by atoms with E-state index < -0.39 is 0 Å². The quantitative estimate of drug-likeness (QED) is 0.509. The van der Waals surface area contributed by atoms with Crippen LogP contribution in [0, 0.1) is 0 Å². The van der Waals surface area contributed by atoms with Crippen molar-refractivity contribution >= 4 is 22.7 Å². The average Bonchev–Trinajstić information content (AvgIpc) is 3.52. The number of carbonyl (C=O) groups excluding carboxylic acids is 1. The molecule has 1 amide bonds. The topological polar surface area (TPSA) is 77.3 Å². The van der Waals surface area contributed by atoms with Crippen LogP contribution in [0.15, 0.2) is 71.3 Å². The van der Waals surface area contributed by atoms with E-state index in [1.165, 1.54) is 0 Å². The summed E-state index contributed by atoms with van der Waals surface area (Å²) in [5.74, 6) is 1.41. The van der Waals surface area contributed by atoms with E-state index in [-0.39, 0.29) is 5.91 Å². The first kappa shape index (κ1) is 17.4. The first-order valence-corrected chi connectivity index (χ1v) is 9.59. The van der Waals surface area contributed by atoms with Gasteiger partial charge in [0, 0.05) is 29.4 Å². The summed E-state index contributed by atoms with van der Waals surface area (Å²) < 4.78 is 11.5. The average molecular weight is 385 g/mol. The van der Waals surface area contributed by atoms with Crippen molar-refractivity contribution in [2.24, 2.45) is 0 Å². The standard InChI is InChI=1S/C23H19N3O3/c27-22(17-10-11-24-21(12-17)28-14-15-4-2-1-3-5-15)25-18-8-9-20-19(13-18)26-23(29-20)16-6-7-16/h1-5,8-13,16H,6-7,14H2,(H,25,27). The number of anilines is 1. The van der Waals surface area contributed by atoms with E-state index in [9.17, 15) is 4.79 Å². The highest BCUT2D eigenvalue weighted by atomic mass is 16.5. The molecule has 0 saturated heterocycles. The van der Waals surface area contributed by atoms with Gasteiger partial charge in [-0.25, -0.2) is 9.97 Å². The Morgan fingerprint density at radius 1 is 1.10 bits per heavy atom. The molecule has 0 aliphatic heterocycles. The van der Waals surface area contributed by atoms with Crippen LogP contribution in [-0.4, -0.2) is 15.9 Å². The maximum absolute atomic E-state index is 12.7. The summed E-state index contributed by atoms with van der Waals surface area (Å²) in [6.45, 7) is 0.394. The molecule has 1 N–H and O–H groups in total. The molecule has 0 atom stereocenters. The predicted molar refractivity (Wildman–Crippen MR) is 109 cm³/mol. The number of hydrogen-bond donors (Lipinski definition) is 1. The van der Waals surface area contributed by atoms with Crippen LogP contribution in [-0.2, 0) is 6.61 Å². The third kappa shape index (κ3) is 3.96. The lowest BCUT2D eigenvalue weighted by molar-refractivity contribution is 0.102. The highest BCUT2D eigenvalue weighted by Crippen LogP contribution is 2.40. The highest BCUT2D eigenvalue weighted by molar-refractivity contribution is 6.05. The Morgan fingerprint density at radius 2 is 1.97 bits per heavy atom. The first-order chi connectivity index (χ1) is 14.2. The van der Waals surface area contributed by atoms with E-state index in [2.05, 4.69) is 15.3 Å². The fraction of sp³-hybridized carbons (Fsp3) is 0.174. The molecule has 1 aliphatic rings. The van der Waals surface area contributed by atoms with E-state index in [1.807, 2.05) is 48.5 Å². The lowest BCUT2D eigenvalue weighted by Gasteiger charge is -2.08. The van der Waals surface area contributed by atoms with Crippen LogP contribution in [0.1, 0.15) is 40.6 Å². The summed E-state index contributed by atoms with van der Waals surface area (Å²) in [5.41, 5.74) is 3.68. The lowest BCUT2D eigenvalue weighted by Crippen LogP contribution is -2.12. The second-order valence-electron chi connectivity index (χ2n) is 7.12. The molecule has 2 aromatic carbocycles. The third-order valence-corrected chi connectivity index (χ3v) is 4.82. The third-order valence-electron chi connectivity index (χ3n) is 4.82. The molecule has 5 rings (SSSR count). The van der Waals surface area contributed by atoms with Crippen molar-refractivity contribution in [3.63, 3.8) is 0 Å². The van der Waals surface area contributed by atoms with Crippen LogP contribution in [0.4, 0.5) is 5.69 Å². The second-order valence-corrected chi connectivity index (χ2v) is 7.12. The summed E-state index contributed by atoms with van der Waals surface area (Å²) in [7, 11) is 0. The Bertz CT molecular complexity index is 1170. The number of nitrogens with zero attached hydrogens (tertiary/aromatic N) is 2. The van der Waals surface area contributed by atoms with Gasteiger partial charge in [0.2, 0.25) is 5.88 Å². The zero-order valence-corrected chi connectivity index (χ0v) is 15.7. The van der Waals surface area contributed by atoms with Gasteiger partial charge in [0.15, 0.2) is 11.5 Å². The van der Waals surface area contributed by atoms with E-state index in [4.69, 9.17) is 9.15 Å². The second kappa shape index (κ2) is 7.39. The van der Waals surface area contributed by atoms with Gasteiger partial charge in [-0.3, -0.25) is 4.79 Å². The van der Waals surface area contributed by atoms with E-state index in [1.54, 1.807) is 18.3 Å². The van der Waals surface area contributed by atoms with Crippen molar-refractivity contribution in [2.75, 3.05) is 5.32 Å². The van der Waals surface area contributed by atoms with Gasteiger partial charge in [-0.1, -0.05) is 30.3 Å². The number of hydrogen-bond acceptors (Lipinski definition) is 5. The zero-order chi connectivity index (χ0) is 19.6. The maximum atomic E-state index is 12.7. The number of oxazole rings is 1. The van der Waals surface area contributed by atoms with Gasteiger partial charge in [0.25, 0.3) is 5.91 Å². The number of fused-ring (bicyclic) bond motifs is 1. The van der Waals surface area contributed by atoms with Crippen LogP contribution >= 0.6 is 0 Å². The van der Waals surface area contributed by atoms with Crippen LogP contribution in [0.25, 0.3) is 11.1 Å². The first-order valence-electron chi connectivity index (χ1n) is 9.59. The molecule has 0 spiro atoms. The largest absolute Gasteiger partial charge is 0.473 e. The molecular formula is C23H19N3O3. The maximum Gasteiger partial charge on any atom is 0.255 e. The molecule has 2 aromatic heterocycles. The van der Waals surface area contributed by atoms with Crippen molar-refractivity contribution in [3.8, 4) is 5.88 Å². The smallest absolute Gasteiger partial charge is 0.255 e. The van der Waals surface area contributed by atoms with Crippen LogP contribution < -0.4 is 10.1 Å². The molecule has 6 heteroatoms. The van der Waals surface area contributed by atoms with Gasteiger partial charge in [-0.05, 0) is 42.7 Å². The van der Waals surface area contributed by atoms with Gasteiger partial charge in [0.1, 0.15) is 12.1 Å². The molecule has 0 bridgehead atoms. The number of nitrogens with one attached hydrogen (secondary N) is 1. The Balaban J connectivity index is 1.28. The molecule has 1 saturated carbocycles. The molecule has 1 fully saturated rings. The van der Waals surface area contributed by atoms with Crippen molar-refractivity contribution < 1.29 is 13.9 Å².